The number of aromatic nitrogens is 1. The fraction of sp³-hybridized carbons (Fsp3) is 0. The van der Waals surface area contributed by atoms with Crippen molar-refractivity contribution in [2.45, 2.75) is 0 Å². The van der Waals surface area contributed by atoms with Gasteiger partial charge in [-0.3, -0.25) is 4.79 Å². The van der Waals surface area contributed by atoms with Crippen molar-refractivity contribution in [3.63, 3.8) is 0 Å². The standard InChI is InChI=1S/C15H9BrFNO/c16-13-14(9-5-7-10(17)8-6-9)18-12-4-2-1-3-11(12)15(13)19/h1-8H,(H,18,19). The lowest BCUT2D eigenvalue weighted by molar-refractivity contribution is 0.628. The molecule has 0 fully saturated rings. The minimum absolute atomic E-state index is 0.0753. The highest BCUT2D eigenvalue weighted by Crippen LogP contribution is 2.26. The van der Waals surface area contributed by atoms with Crippen LogP contribution in [0, 0.1) is 5.82 Å². The first-order valence-electron chi connectivity index (χ1n) is 5.73. The molecule has 1 N–H and O–H groups in total. The summed E-state index contributed by atoms with van der Waals surface area (Å²) < 4.78 is 13.4. The summed E-state index contributed by atoms with van der Waals surface area (Å²) in [5.74, 6) is -0.303. The molecular weight excluding hydrogens is 309 g/mol. The van der Waals surface area contributed by atoms with Gasteiger partial charge in [-0.25, -0.2) is 4.39 Å². The highest BCUT2D eigenvalue weighted by Gasteiger charge is 2.10. The van der Waals surface area contributed by atoms with E-state index in [4.69, 9.17) is 0 Å². The maximum atomic E-state index is 13.0. The van der Waals surface area contributed by atoms with Crippen molar-refractivity contribution in [2.75, 3.05) is 0 Å². The number of hydrogen-bond donors (Lipinski definition) is 1. The Labute approximate surface area is 117 Å². The molecule has 19 heavy (non-hydrogen) atoms. The summed E-state index contributed by atoms with van der Waals surface area (Å²) in [6, 6.07) is 13.3. The molecule has 94 valence electrons. The Hall–Kier alpha value is -1.94. The lowest BCUT2D eigenvalue weighted by Crippen LogP contribution is -2.06. The second-order valence-electron chi connectivity index (χ2n) is 4.20. The van der Waals surface area contributed by atoms with Crippen LogP contribution in [0.1, 0.15) is 0 Å². The Morgan fingerprint density at radius 1 is 1.00 bits per heavy atom. The first-order valence-corrected chi connectivity index (χ1v) is 6.52. The van der Waals surface area contributed by atoms with Crippen LogP contribution in [-0.2, 0) is 0 Å². The van der Waals surface area contributed by atoms with Crippen LogP contribution in [0.4, 0.5) is 4.39 Å². The molecule has 0 aliphatic carbocycles. The summed E-state index contributed by atoms with van der Waals surface area (Å²) >= 11 is 3.32. The van der Waals surface area contributed by atoms with E-state index in [2.05, 4.69) is 20.9 Å². The molecule has 3 aromatic rings. The highest BCUT2D eigenvalue weighted by atomic mass is 79.9. The number of para-hydroxylation sites is 1. The molecule has 0 amide bonds. The van der Waals surface area contributed by atoms with Gasteiger partial charge in [0.25, 0.3) is 0 Å². The zero-order valence-corrected chi connectivity index (χ0v) is 11.4. The predicted octanol–water partition coefficient (Wildman–Crippen LogP) is 4.10. The van der Waals surface area contributed by atoms with Crippen LogP contribution in [-0.4, -0.2) is 4.98 Å². The quantitative estimate of drug-likeness (QED) is 0.720. The van der Waals surface area contributed by atoms with E-state index in [1.807, 2.05) is 18.2 Å². The minimum atomic E-state index is -0.303. The number of fused-ring (bicyclic) bond motifs is 1. The van der Waals surface area contributed by atoms with E-state index in [0.717, 1.165) is 11.1 Å². The Bertz CT molecular complexity index is 808. The second-order valence-corrected chi connectivity index (χ2v) is 4.99. The van der Waals surface area contributed by atoms with E-state index in [1.54, 1.807) is 18.2 Å². The largest absolute Gasteiger partial charge is 0.353 e. The van der Waals surface area contributed by atoms with Crippen molar-refractivity contribution >= 4 is 26.8 Å². The summed E-state index contributed by atoms with van der Waals surface area (Å²) in [4.78, 5) is 15.5. The van der Waals surface area contributed by atoms with Gasteiger partial charge < -0.3 is 4.98 Å². The van der Waals surface area contributed by atoms with Crippen molar-refractivity contribution < 1.29 is 4.39 Å². The number of halogens is 2. The first-order chi connectivity index (χ1) is 9.16. The van der Waals surface area contributed by atoms with Gasteiger partial charge in [0.2, 0.25) is 5.43 Å². The van der Waals surface area contributed by atoms with Gasteiger partial charge >= 0.3 is 0 Å². The van der Waals surface area contributed by atoms with Crippen molar-refractivity contribution in [2.24, 2.45) is 0 Å². The maximum Gasteiger partial charge on any atom is 0.204 e. The molecule has 0 atom stereocenters. The van der Waals surface area contributed by atoms with Crippen LogP contribution in [0.15, 0.2) is 57.8 Å². The molecule has 1 heterocycles. The molecule has 4 heteroatoms. The number of aromatic amines is 1. The van der Waals surface area contributed by atoms with Crippen molar-refractivity contribution in [1.29, 1.82) is 0 Å². The monoisotopic (exact) mass is 317 g/mol. The van der Waals surface area contributed by atoms with Crippen LogP contribution in [0.5, 0.6) is 0 Å². The number of hydrogen-bond acceptors (Lipinski definition) is 1. The third-order valence-corrected chi connectivity index (χ3v) is 3.74. The maximum absolute atomic E-state index is 13.0. The van der Waals surface area contributed by atoms with Gasteiger partial charge in [0.05, 0.1) is 10.2 Å². The van der Waals surface area contributed by atoms with Crippen LogP contribution in [0.25, 0.3) is 22.2 Å². The predicted molar refractivity (Wildman–Crippen MR) is 77.7 cm³/mol. The summed E-state index contributed by atoms with van der Waals surface area (Å²) in [5.41, 5.74) is 2.10. The van der Waals surface area contributed by atoms with Gasteiger partial charge in [0.15, 0.2) is 0 Å². The van der Waals surface area contributed by atoms with Crippen LogP contribution < -0.4 is 5.43 Å². The first kappa shape index (κ1) is 12.1. The molecule has 0 bridgehead atoms. The molecule has 2 aromatic carbocycles. The number of pyridine rings is 1. The molecule has 0 aliphatic heterocycles. The molecule has 0 saturated carbocycles. The second kappa shape index (κ2) is 4.63. The average molecular weight is 318 g/mol. The Morgan fingerprint density at radius 3 is 2.42 bits per heavy atom. The lowest BCUT2D eigenvalue weighted by Gasteiger charge is -2.07. The molecule has 0 unspecified atom stereocenters. The highest BCUT2D eigenvalue weighted by molar-refractivity contribution is 9.10. The lowest BCUT2D eigenvalue weighted by atomic mass is 10.1. The Balaban J connectivity index is 2.33. The zero-order chi connectivity index (χ0) is 13.4. The number of H-pyrrole nitrogens is 1. The topological polar surface area (TPSA) is 32.9 Å². The number of rotatable bonds is 1. The van der Waals surface area contributed by atoms with E-state index >= 15 is 0 Å². The van der Waals surface area contributed by atoms with Gasteiger partial charge in [-0.1, -0.05) is 12.1 Å². The Kier molecular flexibility index (Phi) is 2.95. The van der Waals surface area contributed by atoms with Crippen molar-refractivity contribution in [3.8, 4) is 11.3 Å². The molecule has 0 spiro atoms. The van der Waals surface area contributed by atoms with E-state index in [1.165, 1.54) is 12.1 Å². The fourth-order valence-electron chi connectivity index (χ4n) is 2.03. The van der Waals surface area contributed by atoms with Crippen LogP contribution in [0.2, 0.25) is 0 Å². The van der Waals surface area contributed by atoms with Crippen LogP contribution in [0.3, 0.4) is 0 Å². The van der Waals surface area contributed by atoms with Crippen molar-refractivity contribution in [1.82, 2.24) is 4.98 Å². The zero-order valence-electron chi connectivity index (χ0n) is 9.78. The molecule has 2 nitrogen and oxygen atoms in total. The van der Waals surface area contributed by atoms with E-state index in [0.29, 0.717) is 15.6 Å². The van der Waals surface area contributed by atoms with E-state index in [9.17, 15) is 9.18 Å². The van der Waals surface area contributed by atoms with Gasteiger partial charge in [0.1, 0.15) is 5.82 Å². The molecule has 0 saturated heterocycles. The molecular formula is C15H9BrFNO. The van der Waals surface area contributed by atoms with Crippen LogP contribution >= 0.6 is 15.9 Å². The number of benzene rings is 2. The normalized spacial score (nSPS) is 10.8. The van der Waals surface area contributed by atoms with Gasteiger partial charge in [-0.2, -0.15) is 0 Å². The fourth-order valence-corrected chi connectivity index (χ4v) is 2.57. The van der Waals surface area contributed by atoms with E-state index in [-0.39, 0.29) is 11.2 Å². The molecule has 3 rings (SSSR count). The van der Waals surface area contributed by atoms with Crippen molar-refractivity contribution in [3.05, 3.63) is 69.0 Å². The Morgan fingerprint density at radius 2 is 1.68 bits per heavy atom. The van der Waals surface area contributed by atoms with Gasteiger partial charge in [0, 0.05) is 10.9 Å². The third-order valence-electron chi connectivity index (χ3n) is 2.98. The summed E-state index contributed by atoms with van der Waals surface area (Å²) in [5, 5.41) is 0.625. The molecule has 0 aliphatic rings. The summed E-state index contributed by atoms with van der Waals surface area (Å²) in [6.45, 7) is 0. The van der Waals surface area contributed by atoms with E-state index < -0.39 is 0 Å². The summed E-state index contributed by atoms with van der Waals surface area (Å²) in [6.07, 6.45) is 0. The minimum Gasteiger partial charge on any atom is -0.353 e. The summed E-state index contributed by atoms with van der Waals surface area (Å²) in [7, 11) is 0. The van der Waals surface area contributed by atoms with Gasteiger partial charge in [-0.15, -0.1) is 0 Å². The smallest absolute Gasteiger partial charge is 0.204 e. The SMILES string of the molecule is O=c1c(Br)c(-c2ccc(F)cc2)[nH]c2ccccc12. The molecule has 1 aromatic heterocycles. The number of nitrogens with one attached hydrogen (secondary N) is 1. The average Bonchev–Trinajstić information content (AvgIpc) is 2.44. The third kappa shape index (κ3) is 2.08. The molecule has 0 radical (unpaired) electrons. The van der Waals surface area contributed by atoms with Gasteiger partial charge in [-0.05, 0) is 57.9 Å².